The van der Waals surface area contributed by atoms with Crippen molar-refractivity contribution in [3.05, 3.63) is 59.7 Å². The second-order valence-electron chi connectivity index (χ2n) is 7.52. The monoisotopic (exact) mass is 398 g/mol. The Labute approximate surface area is 172 Å². The average Bonchev–Trinajstić information content (AvgIpc) is 3.20. The molecule has 0 aliphatic carbocycles. The third kappa shape index (κ3) is 5.76. The molecule has 28 heavy (non-hydrogen) atoms. The van der Waals surface area contributed by atoms with Gasteiger partial charge in [0.15, 0.2) is 0 Å². The van der Waals surface area contributed by atoms with E-state index >= 15 is 0 Å². The fraction of sp³-hybridized carbons (Fsp3) is 0.435. The van der Waals surface area contributed by atoms with Crippen LogP contribution in [-0.4, -0.2) is 49.9 Å². The molecule has 1 amide bonds. The first kappa shape index (κ1) is 20.7. The molecule has 2 aromatic rings. The Bertz CT molecular complexity index is 770. The zero-order valence-electron chi connectivity index (χ0n) is 17.1. The maximum absolute atomic E-state index is 13.0. The summed E-state index contributed by atoms with van der Waals surface area (Å²) in [5.41, 5.74) is 3.53. The third-order valence-electron chi connectivity index (χ3n) is 5.07. The summed E-state index contributed by atoms with van der Waals surface area (Å²) in [6.45, 7) is 4.19. The van der Waals surface area contributed by atoms with E-state index in [1.165, 1.54) is 10.5 Å². The number of amides is 1. The normalized spacial score (nSPS) is 16.2. The quantitative estimate of drug-likeness (QED) is 0.619. The third-order valence-corrected chi connectivity index (χ3v) is 6.23. The zero-order chi connectivity index (χ0) is 19.9. The molecule has 1 saturated heterocycles. The fourth-order valence-electron chi connectivity index (χ4n) is 3.36. The molecule has 1 atom stereocenters. The van der Waals surface area contributed by atoms with Crippen LogP contribution in [0, 0.1) is 6.92 Å². The number of rotatable bonds is 8. The Balaban J connectivity index is 1.66. The lowest BCUT2D eigenvalue weighted by molar-refractivity contribution is -0.130. The lowest BCUT2D eigenvalue weighted by Crippen LogP contribution is -2.38. The van der Waals surface area contributed by atoms with Crippen molar-refractivity contribution in [2.75, 3.05) is 37.9 Å². The molecule has 1 aliphatic heterocycles. The van der Waals surface area contributed by atoms with Crippen molar-refractivity contribution in [1.29, 1.82) is 0 Å². The molecular weight excluding hydrogens is 368 g/mol. The molecule has 0 bridgehead atoms. The first-order chi connectivity index (χ1) is 13.5. The van der Waals surface area contributed by atoms with Crippen LogP contribution in [0.4, 0.5) is 5.69 Å². The van der Waals surface area contributed by atoms with Crippen LogP contribution in [0.2, 0.25) is 0 Å². The minimum atomic E-state index is 0.161. The van der Waals surface area contributed by atoms with E-state index in [1.54, 1.807) is 11.8 Å². The lowest BCUT2D eigenvalue weighted by Gasteiger charge is -2.26. The van der Waals surface area contributed by atoms with E-state index in [2.05, 4.69) is 48.2 Å². The summed E-state index contributed by atoms with van der Waals surface area (Å²) < 4.78 is 5.80. The van der Waals surface area contributed by atoms with Gasteiger partial charge in [0.1, 0.15) is 0 Å². The molecule has 0 N–H and O–H groups in total. The number of anilines is 1. The number of nitrogens with zero attached hydrogens (tertiary/aromatic N) is 2. The first-order valence-electron chi connectivity index (χ1n) is 9.87. The number of hydrogen-bond donors (Lipinski definition) is 0. The van der Waals surface area contributed by atoms with E-state index in [1.807, 2.05) is 31.1 Å². The highest BCUT2D eigenvalue weighted by molar-refractivity contribution is 8.00. The minimum absolute atomic E-state index is 0.161. The maximum Gasteiger partial charge on any atom is 0.233 e. The van der Waals surface area contributed by atoms with Gasteiger partial charge in [-0.15, -0.1) is 11.8 Å². The summed E-state index contributed by atoms with van der Waals surface area (Å²) in [7, 11) is 4.07. The van der Waals surface area contributed by atoms with Crippen LogP contribution in [0.5, 0.6) is 0 Å². The Morgan fingerprint density at radius 2 is 1.89 bits per heavy atom. The summed E-state index contributed by atoms with van der Waals surface area (Å²) >= 11 is 1.62. The smallest absolute Gasteiger partial charge is 0.233 e. The van der Waals surface area contributed by atoms with Crippen LogP contribution in [0.25, 0.3) is 0 Å². The molecule has 5 heteroatoms. The van der Waals surface area contributed by atoms with Crippen LogP contribution in [0.1, 0.15) is 24.0 Å². The van der Waals surface area contributed by atoms with Gasteiger partial charge >= 0.3 is 0 Å². The van der Waals surface area contributed by atoms with Crippen LogP contribution in [0.3, 0.4) is 0 Å². The van der Waals surface area contributed by atoms with Gasteiger partial charge in [0.05, 0.1) is 11.9 Å². The summed E-state index contributed by atoms with van der Waals surface area (Å²) in [6, 6.07) is 16.6. The van der Waals surface area contributed by atoms with Crippen LogP contribution in [-0.2, 0) is 16.1 Å². The topological polar surface area (TPSA) is 32.8 Å². The first-order valence-corrected chi connectivity index (χ1v) is 10.9. The van der Waals surface area contributed by atoms with E-state index < -0.39 is 0 Å². The summed E-state index contributed by atoms with van der Waals surface area (Å²) in [6.07, 6.45) is 2.28. The second kappa shape index (κ2) is 9.99. The highest BCUT2D eigenvalue weighted by Crippen LogP contribution is 2.23. The number of carbonyl (C=O) groups is 1. The number of benzene rings is 2. The van der Waals surface area contributed by atoms with Gasteiger partial charge in [-0.1, -0.05) is 30.3 Å². The van der Waals surface area contributed by atoms with Gasteiger partial charge in [-0.25, -0.2) is 0 Å². The van der Waals surface area contributed by atoms with Gasteiger partial charge in [0.2, 0.25) is 5.91 Å². The van der Waals surface area contributed by atoms with Crippen LogP contribution < -0.4 is 4.90 Å². The van der Waals surface area contributed by atoms with Crippen LogP contribution >= 0.6 is 11.8 Å². The fourth-order valence-corrected chi connectivity index (χ4v) is 4.29. The molecule has 0 aromatic heterocycles. The van der Waals surface area contributed by atoms with Gasteiger partial charge in [-0.3, -0.25) is 4.79 Å². The lowest BCUT2D eigenvalue weighted by atomic mass is 10.1. The van der Waals surface area contributed by atoms with Gasteiger partial charge in [-0.05, 0) is 49.1 Å². The van der Waals surface area contributed by atoms with Crippen molar-refractivity contribution in [3.63, 3.8) is 0 Å². The van der Waals surface area contributed by atoms with Crippen molar-refractivity contribution in [2.24, 2.45) is 0 Å². The van der Waals surface area contributed by atoms with Crippen molar-refractivity contribution >= 4 is 23.4 Å². The maximum atomic E-state index is 13.0. The number of aryl methyl sites for hydroxylation is 1. The van der Waals surface area contributed by atoms with Crippen molar-refractivity contribution in [1.82, 2.24) is 4.90 Å². The van der Waals surface area contributed by atoms with E-state index in [0.717, 1.165) is 30.7 Å². The molecule has 0 spiro atoms. The van der Waals surface area contributed by atoms with Crippen molar-refractivity contribution in [2.45, 2.75) is 37.3 Å². The van der Waals surface area contributed by atoms with Crippen molar-refractivity contribution in [3.8, 4) is 0 Å². The zero-order valence-corrected chi connectivity index (χ0v) is 17.9. The predicted molar refractivity (Wildman–Crippen MR) is 117 cm³/mol. The second-order valence-corrected chi connectivity index (χ2v) is 8.54. The number of carbonyl (C=O) groups excluding carboxylic acids is 1. The summed E-state index contributed by atoms with van der Waals surface area (Å²) in [5, 5.41) is 0. The molecule has 1 fully saturated rings. The van der Waals surface area contributed by atoms with E-state index in [-0.39, 0.29) is 12.0 Å². The number of ether oxygens (including phenoxy) is 1. The largest absolute Gasteiger partial charge is 0.378 e. The molecule has 0 radical (unpaired) electrons. The Morgan fingerprint density at radius 3 is 2.54 bits per heavy atom. The van der Waals surface area contributed by atoms with E-state index in [4.69, 9.17) is 4.74 Å². The van der Waals surface area contributed by atoms with E-state index in [9.17, 15) is 4.79 Å². The Hall–Kier alpha value is -1.98. The van der Waals surface area contributed by atoms with E-state index in [0.29, 0.717) is 18.8 Å². The molecule has 1 unspecified atom stereocenters. The summed E-state index contributed by atoms with van der Waals surface area (Å²) in [5.74, 6) is 0.619. The minimum Gasteiger partial charge on any atom is -0.378 e. The molecule has 1 aliphatic rings. The van der Waals surface area contributed by atoms with Gasteiger partial charge < -0.3 is 14.5 Å². The van der Waals surface area contributed by atoms with Crippen molar-refractivity contribution < 1.29 is 9.53 Å². The average molecular weight is 399 g/mol. The molecule has 2 aromatic carbocycles. The van der Waals surface area contributed by atoms with Gasteiger partial charge in [0.25, 0.3) is 0 Å². The Morgan fingerprint density at radius 1 is 1.14 bits per heavy atom. The van der Waals surface area contributed by atoms with Crippen LogP contribution in [0.15, 0.2) is 53.4 Å². The number of hydrogen-bond acceptors (Lipinski definition) is 4. The molecule has 1 heterocycles. The molecule has 150 valence electrons. The highest BCUT2D eigenvalue weighted by atomic mass is 32.2. The summed E-state index contributed by atoms with van der Waals surface area (Å²) in [4.78, 5) is 18.3. The Kier molecular flexibility index (Phi) is 7.40. The highest BCUT2D eigenvalue weighted by Gasteiger charge is 2.23. The SMILES string of the molecule is Cc1ccccc1SCC(=O)N(Cc1ccc(N(C)C)cc1)CC1CCCO1. The molecule has 3 rings (SSSR count). The number of thioether (sulfide) groups is 1. The molecule has 4 nitrogen and oxygen atoms in total. The molecule has 0 saturated carbocycles. The van der Waals surface area contributed by atoms with Gasteiger partial charge in [-0.2, -0.15) is 0 Å². The predicted octanol–water partition coefficient (Wildman–Crippen LogP) is 4.36. The van der Waals surface area contributed by atoms with Gasteiger partial charge in [0, 0.05) is 44.4 Å². The molecular formula is C23H30N2O2S. The standard InChI is InChI=1S/C23H30N2O2S/c1-18-7-4-5-9-22(18)28-17-23(26)25(16-21-8-6-14-27-21)15-19-10-12-20(13-11-19)24(2)3/h4-5,7,9-13,21H,6,8,14-17H2,1-3H3.